The molecule has 1 saturated carbocycles. The lowest BCUT2D eigenvalue weighted by atomic mass is 10.0. The Morgan fingerprint density at radius 3 is 2.67 bits per heavy atom. The zero-order chi connectivity index (χ0) is 15.2. The number of nitrogens with two attached hydrogens (primary N) is 1. The van der Waals surface area contributed by atoms with E-state index in [-0.39, 0.29) is 6.04 Å². The van der Waals surface area contributed by atoms with Gasteiger partial charge in [-0.2, -0.15) is 0 Å². The lowest BCUT2D eigenvalue weighted by Gasteiger charge is -2.19. The SMILES string of the molecule is COc1ccc([C@@H](C)N)c(OCC(O)CC2CCCC2)c1. The first-order valence-corrected chi connectivity index (χ1v) is 7.84. The summed E-state index contributed by atoms with van der Waals surface area (Å²) in [5.41, 5.74) is 6.90. The van der Waals surface area contributed by atoms with Crippen LogP contribution in [0.4, 0.5) is 0 Å². The minimum atomic E-state index is -0.416. The molecule has 1 aromatic rings. The molecule has 0 aromatic heterocycles. The second kappa shape index (κ2) is 7.66. The highest BCUT2D eigenvalue weighted by molar-refractivity contribution is 5.42. The van der Waals surface area contributed by atoms with Crippen molar-refractivity contribution in [1.82, 2.24) is 0 Å². The van der Waals surface area contributed by atoms with Crippen molar-refractivity contribution in [3.05, 3.63) is 23.8 Å². The van der Waals surface area contributed by atoms with E-state index in [4.69, 9.17) is 15.2 Å². The van der Waals surface area contributed by atoms with Crippen LogP contribution in [0.15, 0.2) is 18.2 Å². The topological polar surface area (TPSA) is 64.7 Å². The van der Waals surface area contributed by atoms with Crippen molar-refractivity contribution in [3.8, 4) is 11.5 Å². The molecular formula is C17H27NO3. The Labute approximate surface area is 127 Å². The number of methoxy groups -OCH3 is 1. The molecule has 4 heteroatoms. The molecule has 0 spiro atoms. The van der Waals surface area contributed by atoms with E-state index in [1.165, 1.54) is 25.7 Å². The highest BCUT2D eigenvalue weighted by atomic mass is 16.5. The fourth-order valence-corrected chi connectivity index (χ4v) is 3.03. The molecule has 1 unspecified atom stereocenters. The van der Waals surface area contributed by atoms with Gasteiger partial charge in [0.25, 0.3) is 0 Å². The van der Waals surface area contributed by atoms with Crippen molar-refractivity contribution >= 4 is 0 Å². The molecule has 0 radical (unpaired) electrons. The second-order valence-corrected chi connectivity index (χ2v) is 6.04. The standard InChI is InChI=1S/C17H27NO3/c1-12(18)16-8-7-15(20-2)10-17(16)21-11-14(19)9-13-5-3-4-6-13/h7-8,10,12-14,19H,3-6,9,11,18H2,1-2H3/t12-,14?/m1/s1. The third-order valence-corrected chi connectivity index (χ3v) is 4.22. The van der Waals surface area contributed by atoms with Gasteiger partial charge in [0.15, 0.2) is 0 Å². The first kappa shape index (κ1) is 16.1. The minimum Gasteiger partial charge on any atom is -0.497 e. The molecule has 4 nitrogen and oxygen atoms in total. The Bertz CT molecular complexity index is 442. The number of hydrogen-bond donors (Lipinski definition) is 2. The van der Waals surface area contributed by atoms with Crippen LogP contribution >= 0.6 is 0 Å². The van der Waals surface area contributed by atoms with Gasteiger partial charge in [-0.25, -0.2) is 0 Å². The first-order valence-electron chi connectivity index (χ1n) is 7.84. The molecule has 3 N–H and O–H groups in total. The normalized spacial score (nSPS) is 18.5. The second-order valence-electron chi connectivity index (χ2n) is 6.04. The fraction of sp³-hybridized carbons (Fsp3) is 0.647. The van der Waals surface area contributed by atoms with E-state index in [1.807, 2.05) is 25.1 Å². The smallest absolute Gasteiger partial charge is 0.127 e. The maximum Gasteiger partial charge on any atom is 0.127 e. The van der Waals surface area contributed by atoms with Gasteiger partial charge < -0.3 is 20.3 Å². The van der Waals surface area contributed by atoms with Gasteiger partial charge in [0, 0.05) is 17.7 Å². The molecule has 0 heterocycles. The number of aliphatic hydroxyl groups is 1. The Morgan fingerprint density at radius 2 is 2.05 bits per heavy atom. The van der Waals surface area contributed by atoms with Crippen LogP contribution in [0.25, 0.3) is 0 Å². The van der Waals surface area contributed by atoms with Crippen molar-refractivity contribution < 1.29 is 14.6 Å². The Morgan fingerprint density at radius 1 is 1.33 bits per heavy atom. The summed E-state index contributed by atoms with van der Waals surface area (Å²) in [6.07, 6.45) is 5.48. The Kier molecular flexibility index (Phi) is 5.88. The summed E-state index contributed by atoms with van der Waals surface area (Å²) in [6, 6.07) is 5.52. The summed E-state index contributed by atoms with van der Waals surface area (Å²) in [4.78, 5) is 0. The molecule has 1 aliphatic carbocycles. The van der Waals surface area contributed by atoms with Crippen molar-refractivity contribution in [1.29, 1.82) is 0 Å². The molecule has 2 rings (SSSR count). The van der Waals surface area contributed by atoms with E-state index in [1.54, 1.807) is 7.11 Å². The van der Waals surface area contributed by atoms with Gasteiger partial charge in [-0.1, -0.05) is 31.7 Å². The van der Waals surface area contributed by atoms with Crippen molar-refractivity contribution in [3.63, 3.8) is 0 Å². The quantitative estimate of drug-likeness (QED) is 0.811. The third-order valence-electron chi connectivity index (χ3n) is 4.22. The molecule has 1 aromatic carbocycles. The summed E-state index contributed by atoms with van der Waals surface area (Å²) in [5, 5.41) is 10.1. The zero-order valence-electron chi connectivity index (χ0n) is 13.0. The molecule has 0 aliphatic heterocycles. The minimum absolute atomic E-state index is 0.113. The van der Waals surface area contributed by atoms with E-state index >= 15 is 0 Å². The van der Waals surface area contributed by atoms with Crippen LogP contribution in [0.5, 0.6) is 11.5 Å². The number of ether oxygens (including phenoxy) is 2. The average molecular weight is 293 g/mol. The zero-order valence-corrected chi connectivity index (χ0v) is 13.0. The van der Waals surface area contributed by atoms with Gasteiger partial charge in [0.2, 0.25) is 0 Å². The maximum absolute atomic E-state index is 10.1. The molecule has 0 bridgehead atoms. The summed E-state index contributed by atoms with van der Waals surface area (Å²) < 4.78 is 11.0. The van der Waals surface area contributed by atoms with Gasteiger partial charge in [0.1, 0.15) is 18.1 Å². The molecule has 1 fully saturated rings. The van der Waals surface area contributed by atoms with E-state index < -0.39 is 6.10 Å². The van der Waals surface area contributed by atoms with Crippen molar-refractivity contribution in [2.24, 2.45) is 11.7 Å². The highest BCUT2D eigenvalue weighted by Gasteiger charge is 2.19. The predicted octanol–water partition coefficient (Wildman–Crippen LogP) is 3.03. The van der Waals surface area contributed by atoms with Crippen LogP contribution in [-0.2, 0) is 0 Å². The van der Waals surface area contributed by atoms with Crippen molar-refractivity contribution in [2.75, 3.05) is 13.7 Å². The summed E-state index contributed by atoms with van der Waals surface area (Å²) in [5.74, 6) is 2.09. The van der Waals surface area contributed by atoms with Gasteiger partial charge in [-0.05, 0) is 25.3 Å². The summed E-state index contributed by atoms with van der Waals surface area (Å²) >= 11 is 0. The average Bonchev–Trinajstić information content (AvgIpc) is 2.97. The third kappa shape index (κ3) is 4.61. The van der Waals surface area contributed by atoms with Gasteiger partial charge in [0.05, 0.1) is 13.2 Å². The van der Waals surface area contributed by atoms with Crippen LogP contribution in [0, 0.1) is 5.92 Å². The lowest BCUT2D eigenvalue weighted by molar-refractivity contribution is 0.0848. The monoisotopic (exact) mass is 293 g/mol. The number of hydrogen-bond acceptors (Lipinski definition) is 4. The molecule has 1 aliphatic rings. The van der Waals surface area contributed by atoms with Crippen LogP contribution in [0.1, 0.15) is 50.6 Å². The molecule has 118 valence electrons. The lowest BCUT2D eigenvalue weighted by Crippen LogP contribution is -2.21. The molecule has 2 atom stereocenters. The first-order chi connectivity index (χ1) is 10.1. The maximum atomic E-state index is 10.1. The van der Waals surface area contributed by atoms with E-state index in [9.17, 15) is 5.11 Å². The van der Waals surface area contributed by atoms with Gasteiger partial charge in [-0.3, -0.25) is 0 Å². The van der Waals surface area contributed by atoms with Gasteiger partial charge >= 0.3 is 0 Å². The Balaban J connectivity index is 1.94. The summed E-state index contributed by atoms with van der Waals surface area (Å²) in [6.45, 7) is 2.23. The summed E-state index contributed by atoms with van der Waals surface area (Å²) in [7, 11) is 1.62. The van der Waals surface area contributed by atoms with Crippen molar-refractivity contribution in [2.45, 2.75) is 51.2 Å². The van der Waals surface area contributed by atoms with Crippen LogP contribution in [0.2, 0.25) is 0 Å². The number of benzene rings is 1. The fourth-order valence-electron chi connectivity index (χ4n) is 3.03. The van der Waals surface area contributed by atoms with Gasteiger partial charge in [-0.15, -0.1) is 0 Å². The van der Waals surface area contributed by atoms with Crippen LogP contribution in [-0.4, -0.2) is 24.9 Å². The number of aliphatic hydroxyl groups excluding tert-OH is 1. The largest absolute Gasteiger partial charge is 0.497 e. The highest BCUT2D eigenvalue weighted by Crippen LogP contribution is 2.30. The van der Waals surface area contributed by atoms with E-state index in [2.05, 4.69) is 0 Å². The van der Waals surface area contributed by atoms with E-state index in [0.29, 0.717) is 18.3 Å². The van der Waals surface area contributed by atoms with Crippen LogP contribution in [0.3, 0.4) is 0 Å². The van der Waals surface area contributed by atoms with E-state index in [0.717, 1.165) is 17.7 Å². The Hall–Kier alpha value is -1.26. The molecule has 0 saturated heterocycles. The molecule has 21 heavy (non-hydrogen) atoms. The number of rotatable bonds is 7. The molecule has 0 amide bonds. The molecular weight excluding hydrogens is 266 g/mol. The van der Waals surface area contributed by atoms with Crippen LogP contribution < -0.4 is 15.2 Å². The predicted molar refractivity (Wildman–Crippen MR) is 83.7 cm³/mol.